The zero-order valence-electron chi connectivity index (χ0n) is 13.6. The van der Waals surface area contributed by atoms with Crippen molar-refractivity contribution in [3.63, 3.8) is 0 Å². The SMILES string of the molecule is COc1ccc(C(O)C(C)NC(=O)c2cc3ccccc3[nH]2)cc1. The summed E-state index contributed by atoms with van der Waals surface area (Å²) >= 11 is 0. The summed E-state index contributed by atoms with van der Waals surface area (Å²) in [6, 6.07) is 16.2. The molecule has 5 heteroatoms. The standard InChI is InChI=1S/C19H20N2O3/c1-12(18(22)13-7-9-15(24-2)10-8-13)20-19(23)17-11-14-5-3-4-6-16(14)21-17/h3-12,18,21-22H,1-2H3,(H,20,23). The van der Waals surface area contributed by atoms with Crippen molar-refractivity contribution in [2.24, 2.45) is 0 Å². The molecule has 0 saturated heterocycles. The first kappa shape index (κ1) is 16.1. The van der Waals surface area contributed by atoms with Crippen molar-refractivity contribution in [1.29, 1.82) is 0 Å². The molecule has 0 aliphatic carbocycles. The van der Waals surface area contributed by atoms with Crippen molar-refractivity contribution in [1.82, 2.24) is 10.3 Å². The summed E-state index contributed by atoms with van der Waals surface area (Å²) in [4.78, 5) is 15.5. The Labute approximate surface area is 140 Å². The molecule has 2 aromatic carbocycles. The normalized spacial score (nSPS) is 13.5. The quantitative estimate of drug-likeness (QED) is 0.675. The Hall–Kier alpha value is -2.79. The van der Waals surface area contributed by atoms with Gasteiger partial charge in [0.2, 0.25) is 0 Å². The minimum Gasteiger partial charge on any atom is -0.497 e. The molecule has 0 aliphatic heterocycles. The molecule has 3 N–H and O–H groups in total. The van der Waals surface area contributed by atoms with Crippen LogP contribution in [-0.4, -0.2) is 29.1 Å². The molecule has 24 heavy (non-hydrogen) atoms. The lowest BCUT2D eigenvalue weighted by Gasteiger charge is -2.20. The van der Waals surface area contributed by atoms with Crippen molar-refractivity contribution in [3.8, 4) is 5.75 Å². The fraction of sp³-hybridized carbons (Fsp3) is 0.211. The molecule has 3 rings (SSSR count). The molecule has 0 saturated carbocycles. The molecule has 0 bridgehead atoms. The third-order valence-electron chi connectivity index (χ3n) is 4.06. The van der Waals surface area contributed by atoms with E-state index >= 15 is 0 Å². The minimum absolute atomic E-state index is 0.244. The van der Waals surface area contributed by atoms with Crippen molar-refractivity contribution >= 4 is 16.8 Å². The maximum Gasteiger partial charge on any atom is 0.268 e. The number of aliphatic hydroxyl groups is 1. The van der Waals surface area contributed by atoms with Crippen molar-refractivity contribution in [2.45, 2.75) is 19.1 Å². The molecular weight excluding hydrogens is 304 g/mol. The van der Waals surface area contributed by atoms with Crippen LogP contribution in [0.3, 0.4) is 0 Å². The maximum atomic E-state index is 12.4. The van der Waals surface area contributed by atoms with Crippen LogP contribution >= 0.6 is 0 Å². The monoisotopic (exact) mass is 324 g/mol. The molecule has 2 atom stereocenters. The smallest absolute Gasteiger partial charge is 0.268 e. The molecule has 5 nitrogen and oxygen atoms in total. The predicted octanol–water partition coefficient (Wildman–Crippen LogP) is 3.03. The van der Waals surface area contributed by atoms with E-state index in [1.165, 1.54) is 0 Å². The molecular formula is C19H20N2O3. The molecule has 0 fully saturated rings. The van der Waals surface area contributed by atoms with Crippen molar-refractivity contribution in [2.75, 3.05) is 7.11 Å². The van der Waals surface area contributed by atoms with E-state index in [9.17, 15) is 9.90 Å². The van der Waals surface area contributed by atoms with Crippen molar-refractivity contribution in [3.05, 3.63) is 65.9 Å². The van der Waals surface area contributed by atoms with Gasteiger partial charge in [-0.3, -0.25) is 4.79 Å². The van der Waals surface area contributed by atoms with Crippen LogP contribution in [0, 0.1) is 0 Å². The Balaban J connectivity index is 1.70. The number of aromatic nitrogens is 1. The summed E-state index contributed by atoms with van der Waals surface area (Å²) in [5.41, 5.74) is 2.11. The predicted molar refractivity (Wildman–Crippen MR) is 93.2 cm³/mol. The third kappa shape index (κ3) is 3.26. The second-order valence-corrected chi connectivity index (χ2v) is 5.75. The summed E-state index contributed by atoms with van der Waals surface area (Å²) in [6.45, 7) is 1.77. The van der Waals surface area contributed by atoms with Crippen LogP contribution in [0.5, 0.6) is 5.75 Å². The van der Waals surface area contributed by atoms with E-state index in [2.05, 4.69) is 10.3 Å². The summed E-state index contributed by atoms with van der Waals surface area (Å²) < 4.78 is 5.11. The van der Waals surface area contributed by atoms with Gasteiger partial charge in [-0.2, -0.15) is 0 Å². The van der Waals surface area contributed by atoms with Crippen LogP contribution in [0.2, 0.25) is 0 Å². The number of ether oxygens (including phenoxy) is 1. The largest absolute Gasteiger partial charge is 0.497 e. The van der Waals surface area contributed by atoms with Crippen LogP contribution in [0.25, 0.3) is 10.9 Å². The Kier molecular flexibility index (Phi) is 4.53. The van der Waals surface area contributed by atoms with Gasteiger partial charge in [0.05, 0.1) is 19.3 Å². The second-order valence-electron chi connectivity index (χ2n) is 5.75. The van der Waals surface area contributed by atoms with Gasteiger partial charge in [0.15, 0.2) is 0 Å². The van der Waals surface area contributed by atoms with E-state index in [-0.39, 0.29) is 5.91 Å². The first-order chi connectivity index (χ1) is 11.6. The number of methoxy groups -OCH3 is 1. The number of H-pyrrole nitrogens is 1. The number of hydrogen-bond acceptors (Lipinski definition) is 3. The van der Waals surface area contributed by atoms with Gasteiger partial charge in [-0.25, -0.2) is 0 Å². The molecule has 0 radical (unpaired) electrons. The third-order valence-corrected chi connectivity index (χ3v) is 4.06. The Morgan fingerprint density at radius 1 is 1.17 bits per heavy atom. The lowest BCUT2D eigenvalue weighted by molar-refractivity contribution is 0.0848. The second kappa shape index (κ2) is 6.76. The summed E-state index contributed by atoms with van der Waals surface area (Å²) in [6.07, 6.45) is -0.802. The molecule has 3 aromatic rings. The molecule has 1 heterocycles. The zero-order chi connectivity index (χ0) is 17.1. The highest BCUT2D eigenvalue weighted by atomic mass is 16.5. The maximum absolute atomic E-state index is 12.4. The van der Waals surface area contributed by atoms with Gasteiger partial charge >= 0.3 is 0 Å². The van der Waals surface area contributed by atoms with Crippen LogP contribution in [0.15, 0.2) is 54.6 Å². The molecule has 2 unspecified atom stereocenters. The van der Waals surface area contributed by atoms with Gasteiger partial charge in [-0.05, 0) is 36.8 Å². The van der Waals surface area contributed by atoms with E-state index in [1.807, 2.05) is 24.3 Å². The lowest BCUT2D eigenvalue weighted by Crippen LogP contribution is -2.37. The van der Waals surface area contributed by atoms with Gasteiger partial charge in [-0.15, -0.1) is 0 Å². The number of hydrogen-bond donors (Lipinski definition) is 3. The van der Waals surface area contributed by atoms with Gasteiger partial charge in [0, 0.05) is 10.9 Å². The highest BCUT2D eigenvalue weighted by Crippen LogP contribution is 2.21. The number of amides is 1. The number of fused-ring (bicyclic) bond motifs is 1. The molecule has 124 valence electrons. The van der Waals surface area contributed by atoms with E-state index < -0.39 is 12.1 Å². The molecule has 1 aromatic heterocycles. The molecule has 0 aliphatic rings. The van der Waals surface area contributed by atoms with Crippen LogP contribution in [-0.2, 0) is 0 Å². The fourth-order valence-corrected chi connectivity index (χ4v) is 2.65. The fourth-order valence-electron chi connectivity index (χ4n) is 2.65. The highest BCUT2D eigenvalue weighted by Gasteiger charge is 2.20. The first-order valence-corrected chi connectivity index (χ1v) is 7.79. The number of rotatable bonds is 5. The van der Waals surface area contributed by atoms with Crippen LogP contribution < -0.4 is 10.1 Å². The number of para-hydroxylation sites is 1. The number of aliphatic hydroxyl groups excluding tert-OH is 1. The number of carbonyl (C=O) groups excluding carboxylic acids is 1. The van der Waals surface area contributed by atoms with Gasteiger partial charge in [-0.1, -0.05) is 30.3 Å². The first-order valence-electron chi connectivity index (χ1n) is 7.79. The van der Waals surface area contributed by atoms with Gasteiger partial charge in [0.1, 0.15) is 11.4 Å². The van der Waals surface area contributed by atoms with Gasteiger partial charge in [0.25, 0.3) is 5.91 Å². The van der Waals surface area contributed by atoms with Crippen molar-refractivity contribution < 1.29 is 14.6 Å². The van der Waals surface area contributed by atoms with E-state index in [0.29, 0.717) is 5.69 Å². The summed E-state index contributed by atoms with van der Waals surface area (Å²) in [7, 11) is 1.59. The molecule has 0 spiro atoms. The minimum atomic E-state index is -0.802. The Bertz CT molecular complexity index is 806. The summed E-state index contributed by atoms with van der Waals surface area (Å²) in [5.74, 6) is 0.479. The number of aromatic amines is 1. The molecule has 1 amide bonds. The number of nitrogens with one attached hydrogen (secondary N) is 2. The topological polar surface area (TPSA) is 74.3 Å². The Morgan fingerprint density at radius 3 is 2.54 bits per heavy atom. The van der Waals surface area contributed by atoms with Crippen LogP contribution in [0.1, 0.15) is 29.1 Å². The van der Waals surface area contributed by atoms with Gasteiger partial charge < -0.3 is 20.1 Å². The van der Waals surface area contributed by atoms with Crippen LogP contribution in [0.4, 0.5) is 0 Å². The Morgan fingerprint density at radius 2 is 1.88 bits per heavy atom. The zero-order valence-corrected chi connectivity index (χ0v) is 13.6. The average molecular weight is 324 g/mol. The number of carbonyl (C=O) groups is 1. The van der Waals surface area contributed by atoms with E-state index in [0.717, 1.165) is 22.2 Å². The van der Waals surface area contributed by atoms with E-state index in [4.69, 9.17) is 4.74 Å². The van der Waals surface area contributed by atoms with E-state index in [1.54, 1.807) is 44.4 Å². The number of benzene rings is 2. The summed E-state index contributed by atoms with van der Waals surface area (Å²) in [5, 5.41) is 14.2. The highest BCUT2D eigenvalue weighted by molar-refractivity contribution is 5.98. The average Bonchev–Trinajstić information content (AvgIpc) is 3.05. The lowest BCUT2D eigenvalue weighted by atomic mass is 10.0.